The number of rotatable bonds is 5. The van der Waals surface area contributed by atoms with Crippen molar-refractivity contribution in [2.75, 3.05) is 13.1 Å². The first-order valence-corrected chi connectivity index (χ1v) is 11.4. The van der Waals surface area contributed by atoms with Crippen molar-refractivity contribution < 1.29 is 14.6 Å². The lowest BCUT2D eigenvalue weighted by atomic mass is 9.72. The number of carboxylic acid groups (broad SMARTS) is 1. The number of hydrogen-bond acceptors (Lipinski definition) is 3. The van der Waals surface area contributed by atoms with Gasteiger partial charge in [0, 0.05) is 19.1 Å². The second-order valence-corrected chi connectivity index (χ2v) is 10.4. The highest BCUT2D eigenvalue weighted by Gasteiger charge is 2.35. The van der Waals surface area contributed by atoms with E-state index < -0.39 is 5.97 Å². The van der Waals surface area contributed by atoms with Crippen molar-refractivity contribution in [2.24, 2.45) is 17.3 Å². The number of fused-ring (bicyclic) bond motifs is 1. The molecule has 1 atom stereocenters. The van der Waals surface area contributed by atoms with Gasteiger partial charge in [-0.1, -0.05) is 39.0 Å². The first-order chi connectivity index (χ1) is 14.2. The van der Waals surface area contributed by atoms with Gasteiger partial charge in [-0.05, 0) is 78.5 Å². The molecule has 4 nitrogen and oxygen atoms in total. The molecule has 0 bridgehead atoms. The molecule has 0 radical (unpaired) electrons. The number of hydrogen-bond donors (Lipinski definition) is 1. The zero-order chi connectivity index (χ0) is 21.5. The molecule has 0 spiro atoms. The molecule has 2 aliphatic rings. The molecule has 0 amide bonds. The highest BCUT2D eigenvalue weighted by atomic mass is 16.5. The summed E-state index contributed by atoms with van der Waals surface area (Å²) in [6.07, 6.45) is 5.12. The third-order valence-electron chi connectivity index (χ3n) is 7.33. The summed E-state index contributed by atoms with van der Waals surface area (Å²) in [5.41, 5.74) is 1.63. The van der Waals surface area contributed by atoms with Gasteiger partial charge >= 0.3 is 5.97 Å². The molecule has 4 rings (SSSR count). The van der Waals surface area contributed by atoms with Gasteiger partial charge in [0.1, 0.15) is 5.75 Å². The fraction of sp³-hybridized carbons (Fsp3) is 0.577. The minimum absolute atomic E-state index is 0.217. The van der Waals surface area contributed by atoms with Crippen molar-refractivity contribution in [3.63, 3.8) is 0 Å². The van der Waals surface area contributed by atoms with E-state index in [0.29, 0.717) is 24.6 Å². The van der Waals surface area contributed by atoms with Crippen molar-refractivity contribution in [3.05, 3.63) is 42.0 Å². The summed E-state index contributed by atoms with van der Waals surface area (Å²) in [7, 11) is 0. The van der Waals surface area contributed by atoms with E-state index in [9.17, 15) is 4.79 Å². The van der Waals surface area contributed by atoms with Crippen molar-refractivity contribution in [1.29, 1.82) is 0 Å². The van der Waals surface area contributed by atoms with Crippen LogP contribution in [0.2, 0.25) is 0 Å². The summed E-state index contributed by atoms with van der Waals surface area (Å²) in [5.74, 6) is 0.864. The molecule has 4 heteroatoms. The van der Waals surface area contributed by atoms with Crippen LogP contribution in [0.3, 0.4) is 0 Å². The van der Waals surface area contributed by atoms with Crippen LogP contribution in [0.1, 0.15) is 65.0 Å². The van der Waals surface area contributed by atoms with Crippen LogP contribution in [-0.4, -0.2) is 35.2 Å². The zero-order valence-electron chi connectivity index (χ0n) is 18.7. The Bertz CT molecular complexity index is 902. The first kappa shape index (κ1) is 21.2. The lowest BCUT2D eigenvalue weighted by Crippen LogP contribution is -2.51. The number of ether oxygens (including phenoxy) is 1. The summed E-state index contributed by atoms with van der Waals surface area (Å²) in [6, 6.07) is 13.2. The SMILES string of the molecule is CC(c1ccc2cc(O[C@H]3CC[C@H](C(C)(C)C)CC3)ccc2c1)N1CC(C(=O)O)C1. The first-order valence-electron chi connectivity index (χ1n) is 11.4. The van der Waals surface area contributed by atoms with Crippen LogP contribution in [0.5, 0.6) is 5.75 Å². The van der Waals surface area contributed by atoms with Crippen molar-refractivity contribution in [1.82, 2.24) is 4.90 Å². The minimum Gasteiger partial charge on any atom is -0.490 e. The largest absolute Gasteiger partial charge is 0.490 e. The number of aliphatic carboxylic acids is 1. The van der Waals surface area contributed by atoms with Gasteiger partial charge in [0.25, 0.3) is 0 Å². The van der Waals surface area contributed by atoms with Crippen LogP contribution >= 0.6 is 0 Å². The standard InChI is InChI=1S/C26H35NO3/c1-17(27-15-21(16-27)25(28)29)18-5-6-20-14-24(10-7-19(20)13-18)30-23-11-8-22(9-12-23)26(2,3)4/h5-7,10,13-14,17,21-23H,8-9,11-12,15-16H2,1-4H3,(H,28,29)/t17?,22-,23-. The Hall–Kier alpha value is -2.07. The Balaban J connectivity index is 1.38. The quantitative estimate of drug-likeness (QED) is 0.668. The number of likely N-dealkylation sites (tertiary alicyclic amines) is 1. The fourth-order valence-corrected chi connectivity index (χ4v) is 5.01. The third kappa shape index (κ3) is 4.49. The molecule has 1 unspecified atom stereocenters. The van der Waals surface area contributed by atoms with Gasteiger partial charge in [-0.2, -0.15) is 0 Å². The van der Waals surface area contributed by atoms with Crippen molar-refractivity contribution in [3.8, 4) is 5.75 Å². The molecule has 162 valence electrons. The lowest BCUT2D eigenvalue weighted by molar-refractivity contribution is -0.148. The van der Waals surface area contributed by atoms with Gasteiger partial charge in [0.2, 0.25) is 0 Å². The number of nitrogens with zero attached hydrogens (tertiary/aromatic N) is 1. The van der Waals surface area contributed by atoms with Crippen LogP contribution < -0.4 is 4.74 Å². The summed E-state index contributed by atoms with van der Waals surface area (Å²) >= 11 is 0. The van der Waals surface area contributed by atoms with Gasteiger partial charge in [-0.3, -0.25) is 9.69 Å². The highest BCUT2D eigenvalue weighted by Crippen LogP contribution is 2.39. The summed E-state index contributed by atoms with van der Waals surface area (Å²) in [5, 5.41) is 11.5. The Morgan fingerprint density at radius 2 is 1.67 bits per heavy atom. The summed E-state index contributed by atoms with van der Waals surface area (Å²) in [6.45, 7) is 10.5. The molecule has 0 aromatic heterocycles. The van der Waals surface area contributed by atoms with E-state index in [1.165, 1.54) is 29.2 Å². The maximum atomic E-state index is 11.1. The van der Waals surface area contributed by atoms with E-state index in [1.807, 2.05) is 0 Å². The number of benzene rings is 2. The molecule has 1 aliphatic carbocycles. The Kier molecular flexibility index (Phi) is 5.80. The molecular weight excluding hydrogens is 374 g/mol. The molecule has 2 aromatic carbocycles. The average molecular weight is 410 g/mol. The maximum Gasteiger partial charge on any atom is 0.309 e. The van der Waals surface area contributed by atoms with E-state index in [1.54, 1.807) is 0 Å². The van der Waals surface area contributed by atoms with Crippen molar-refractivity contribution in [2.45, 2.75) is 65.5 Å². The molecule has 1 heterocycles. The summed E-state index contributed by atoms with van der Waals surface area (Å²) in [4.78, 5) is 13.3. The molecule has 30 heavy (non-hydrogen) atoms. The van der Waals surface area contributed by atoms with Gasteiger partial charge in [0.05, 0.1) is 12.0 Å². The van der Waals surface area contributed by atoms with Crippen LogP contribution in [-0.2, 0) is 4.79 Å². The average Bonchev–Trinajstić information content (AvgIpc) is 2.65. The second-order valence-electron chi connectivity index (χ2n) is 10.4. The smallest absolute Gasteiger partial charge is 0.309 e. The van der Waals surface area contributed by atoms with E-state index in [4.69, 9.17) is 9.84 Å². The fourth-order valence-electron chi connectivity index (χ4n) is 5.01. The maximum absolute atomic E-state index is 11.1. The van der Waals surface area contributed by atoms with Gasteiger partial charge in [-0.15, -0.1) is 0 Å². The molecule has 2 fully saturated rings. The predicted octanol–water partition coefficient (Wildman–Crippen LogP) is 5.90. The van der Waals surface area contributed by atoms with Crippen LogP contribution in [0.4, 0.5) is 0 Å². The highest BCUT2D eigenvalue weighted by molar-refractivity contribution is 5.84. The molecule has 2 aromatic rings. The van der Waals surface area contributed by atoms with Crippen molar-refractivity contribution >= 4 is 16.7 Å². The molecule has 1 N–H and O–H groups in total. The van der Waals surface area contributed by atoms with Crippen LogP contribution in [0, 0.1) is 17.3 Å². The summed E-state index contributed by atoms with van der Waals surface area (Å²) < 4.78 is 6.34. The van der Waals surface area contributed by atoms with E-state index in [-0.39, 0.29) is 12.0 Å². The van der Waals surface area contributed by atoms with Gasteiger partial charge in [0.15, 0.2) is 0 Å². The topological polar surface area (TPSA) is 49.8 Å². The normalized spacial score (nSPS) is 24.4. The number of carboxylic acids is 1. The Morgan fingerprint density at radius 3 is 2.30 bits per heavy atom. The third-order valence-corrected chi connectivity index (χ3v) is 7.33. The van der Waals surface area contributed by atoms with E-state index in [2.05, 4.69) is 69.0 Å². The molecular formula is C26H35NO3. The molecule has 1 aliphatic heterocycles. The van der Waals surface area contributed by atoms with Gasteiger partial charge in [-0.25, -0.2) is 0 Å². The molecule has 1 saturated heterocycles. The Labute approximate surface area is 180 Å². The van der Waals surface area contributed by atoms with E-state index >= 15 is 0 Å². The zero-order valence-corrected chi connectivity index (χ0v) is 18.7. The van der Waals surface area contributed by atoms with Crippen LogP contribution in [0.25, 0.3) is 10.8 Å². The minimum atomic E-state index is -0.684. The van der Waals surface area contributed by atoms with Crippen LogP contribution in [0.15, 0.2) is 36.4 Å². The number of carbonyl (C=O) groups is 1. The second kappa shape index (κ2) is 8.22. The predicted molar refractivity (Wildman–Crippen MR) is 121 cm³/mol. The molecule has 1 saturated carbocycles. The Morgan fingerprint density at radius 1 is 1.03 bits per heavy atom. The monoisotopic (exact) mass is 409 g/mol. The lowest BCUT2D eigenvalue weighted by Gasteiger charge is -2.41. The van der Waals surface area contributed by atoms with Gasteiger partial charge < -0.3 is 9.84 Å². The van der Waals surface area contributed by atoms with E-state index in [0.717, 1.165) is 24.5 Å².